The Morgan fingerprint density at radius 2 is 1.94 bits per heavy atom. The first kappa shape index (κ1) is 25.6. The Balaban J connectivity index is 1.53. The molecule has 4 aromatic rings. The van der Waals surface area contributed by atoms with Crippen molar-refractivity contribution in [1.29, 1.82) is 0 Å². The minimum absolute atomic E-state index is 0.0161. The van der Waals surface area contributed by atoms with Gasteiger partial charge in [-0.2, -0.15) is 0 Å². The van der Waals surface area contributed by atoms with E-state index in [2.05, 4.69) is 22.1 Å². The standard InChI is InChI=1S/C25H20ClFN4O3S2/c1-3-12-31-22(17-6-4-5-7-19(17)26)29-30-25(31)36-14-20(32)28-23-21(24(33)34-2)18(13-35-23)15-8-10-16(27)11-9-15/h3-11,13H,1,12,14H2,2H3,(H,28,32). The zero-order valence-corrected chi connectivity index (χ0v) is 21.4. The van der Waals surface area contributed by atoms with Gasteiger partial charge in [-0.3, -0.25) is 9.36 Å². The first-order chi connectivity index (χ1) is 17.4. The SMILES string of the molecule is C=CCn1c(SCC(=O)Nc2scc(-c3ccc(F)cc3)c2C(=O)OC)nnc1-c1ccccc1Cl. The average Bonchev–Trinajstić information content (AvgIpc) is 3.47. The van der Waals surface area contributed by atoms with Gasteiger partial charge in [-0.1, -0.05) is 53.7 Å². The summed E-state index contributed by atoms with van der Waals surface area (Å²) in [5, 5.41) is 14.4. The van der Waals surface area contributed by atoms with Crippen molar-refractivity contribution in [2.75, 3.05) is 18.2 Å². The van der Waals surface area contributed by atoms with Gasteiger partial charge in [0.2, 0.25) is 5.91 Å². The maximum absolute atomic E-state index is 13.4. The first-order valence-electron chi connectivity index (χ1n) is 10.6. The first-order valence-corrected chi connectivity index (χ1v) is 12.8. The number of hydrogen-bond acceptors (Lipinski definition) is 7. The van der Waals surface area contributed by atoms with Crippen LogP contribution in [0.5, 0.6) is 0 Å². The summed E-state index contributed by atoms with van der Waals surface area (Å²) in [4.78, 5) is 25.3. The number of rotatable bonds is 9. The molecule has 36 heavy (non-hydrogen) atoms. The quantitative estimate of drug-likeness (QED) is 0.155. The molecule has 0 fully saturated rings. The Bertz CT molecular complexity index is 1420. The van der Waals surface area contributed by atoms with Crippen molar-refractivity contribution in [3.8, 4) is 22.5 Å². The monoisotopic (exact) mass is 542 g/mol. The maximum atomic E-state index is 13.4. The molecule has 0 unspecified atom stereocenters. The van der Waals surface area contributed by atoms with Gasteiger partial charge in [0.25, 0.3) is 0 Å². The fourth-order valence-corrected chi connectivity index (χ4v) is 5.36. The van der Waals surface area contributed by atoms with E-state index in [1.54, 1.807) is 29.7 Å². The Morgan fingerprint density at radius 3 is 2.64 bits per heavy atom. The van der Waals surface area contributed by atoms with Crippen molar-refractivity contribution < 1.29 is 18.7 Å². The summed E-state index contributed by atoms with van der Waals surface area (Å²) in [5.41, 5.74) is 2.11. The third kappa shape index (κ3) is 5.51. The Kier molecular flexibility index (Phi) is 8.19. The van der Waals surface area contributed by atoms with Crippen molar-refractivity contribution in [1.82, 2.24) is 14.8 Å². The topological polar surface area (TPSA) is 86.1 Å². The molecule has 2 aromatic heterocycles. The molecule has 0 aliphatic rings. The molecule has 0 bridgehead atoms. The van der Waals surface area contributed by atoms with Crippen LogP contribution in [0.2, 0.25) is 5.02 Å². The molecule has 0 atom stereocenters. The van der Waals surface area contributed by atoms with Crippen LogP contribution in [-0.4, -0.2) is 39.5 Å². The largest absolute Gasteiger partial charge is 0.465 e. The number of benzene rings is 2. The second kappa shape index (κ2) is 11.5. The Labute approximate surface area is 220 Å². The highest BCUT2D eigenvalue weighted by Gasteiger charge is 2.23. The van der Waals surface area contributed by atoms with Crippen LogP contribution >= 0.6 is 34.7 Å². The Hall–Kier alpha value is -3.47. The number of nitrogens with one attached hydrogen (secondary N) is 1. The van der Waals surface area contributed by atoms with Gasteiger partial charge in [-0.25, -0.2) is 9.18 Å². The molecular weight excluding hydrogens is 523 g/mol. The lowest BCUT2D eigenvalue weighted by Crippen LogP contribution is -2.16. The number of carbonyl (C=O) groups is 2. The fraction of sp³-hybridized carbons (Fsp3) is 0.120. The highest BCUT2D eigenvalue weighted by molar-refractivity contribution is 7.99. The van der Waals surface area contributed by atoms with E-state index in [0.717, 1.165) is 5.56 Å². The fourth-order valence-electron chi connectivity index (χ4n) is 3.42. The molecule has 0 radical (unpaired) electrons. The van der Waals surface area contributed by atoms with Gasteiger partial charge in [0.15, 0.2) is 11.0 Å². The minimum atomic E-state index is -0.603. The minimum Gasteiger partial charge on any atom is -0.465 e. The lowest BCUT2D eigenvalue weighted by Gasteiger charge is -2.09. The molecule has 0 aliphatic heterocycles. The maximum Gasteiger partial charge on any atom is 0.341 e. The lowest BCUT2D eigenvalue weighted by atomic mass is 10.0. The van der Waals surface area contributed by atoms with Crippen molar-refractivity contribution in [3.63, 3.8) is 0 Å². The second-order valence-corrected chi connectivity index (χ2v) is 9.60. The van der Waals surface area contributed by atoms with Gasteiger partial charge in [0.05, 0.1) is 17.9 Å². The number of thiophene rings is 1. The van der Waals surface area contributed by atoms with E-state index in [4.69, 9.17) is 16.3 Å². The van der Waals surface area contributed by atoms with Gasteiger partial charge < -0.3 is 10.1 Å². The zero-order chi connectivity index (χ0) is 25.7. The number of thioether (sulfide) groups is 1. The van der Waals surface area contributed by atoms with Crippen molar-refractivity contribution in [2.24, 2.45) is 0 Å². The van der Waals surface area contributed by atoms with Gasteiger partial charge in [-0.15, -0.1) is 28.1 Å². The van der Waals surface area contributed by atoms with Gasteiger partial charge >= 0.3 is 5.97 Å². The van der Waals surface area contributed by atoms with Crippen LogP contribution in [0.1, 0.15) is 10.4 Å². The van der Waals surface area contributed by atoms with Crippen LogP contribution < -0.4 is 5.32 Å². The van der Waals surface area contributed by atoms with E-state index in [0.29, 0.717) is 38.7 Å². The molecule has 2 heterocycles. The molecule has 11 heteroatoms. The molecule has 0 saturated carbocycles. The van der Waals surface area contributed by atoms with Gasteiger partial charge in [0.1, 0.15) is 16.4 Å². The number of anilines is 1. The summed E-state index contributed by atoms with van der Waals surface area (Å²) in [5.74, 6) is -0.749. The van der Waals surface area contributed by atoms with Crippen molar-refractivity contribution in [3.05, 3.63) is 83.0 Å². The van der Waals surface area contributed by atoms with Crippen LogP contribution in [0.25, 0.3) is 22.5 Å². The third-order valence-electron chi connectivity index (χ3n) is 5.06. The Morgan fingerprint density at radius 1 is 1.19 bits per heavy atom. The van der Waals surface area contributed by atoms with E-state index in [-0.39, 0.29) is 23.0 Å². The molecule has 4 rings (SSSR count). The summed E-state index contributed by atoms with van der Waals surface area (Å²) >= 11 is 8.71. The van der Waals surface area contributed by atoms with E-state index in [1.807, 2.05) is 22.8 Å². The molecule has 2 aromatic carbocycles. The van der Waals surface area contributed by atoms with E-state index < -0.39 is 5.97 Å². The van der Waals surface area contributed by atoms with Crippen molar-refractivity contribution in [2.45, 2.75) is 11.7 Å². The number of hydrogen-bond donors (Lipinski definition) is 1. The van der Waals surface area contributed by atoms with Crippen LogP contribution in [0.15, 0.2) is 71.7 Å². The number of halogens is 2. The summed E-state index contributed by atoms with van der Waals surface area (Å²) in [6.45, 7) is 4.22. The van der Waals surface area contributed by atoms with Gasteiger partial charge in [0, 0.05) is 23.1 Å². The highest BCUT2D eigenvalue weighted by Crippen LogP contribution is 2.36. The summed E-state index contributed by atoms with van der Waals surface area (Å²) in [6.07, 6.45) is 1.71. The predicted molar refractivity (Wildman–Crippen MR) is 141 cm³/mol. The van der Waals surface area contributed by atoms with Gasteiger partial charge in [-0.05, 0) is 29.8 Å². The molecule has 1 amide bonds. The number of methoxy groups -OCH3 is 1. The number of aromatic nitrogens is 3. The zero-order valence-electron chi connectivity index (χ0n) is 19.0. The molecule has 7 nitrogen and oxygen atoms in total. The number of amides is 1. The van der Waals surface area contributed by atoms with Crippen LogP contribution in [-0.2, 0) is 16.1 Å². The number of nitrogens with zero attached hydrogens (tertiary/aromatic N) is 3. The number of ether oxygens (including phenoxy) is 1. The van der Waals surface area contributed by atoms with E-state index >= 15 is 0 Å². The number of carbonyl (C=O) groups excluding carboxylic acids is 2. The third-order valence-corrected chi connectivity index (χ3v) is 7.26. The van der Waals surface area contributed by atoms with Crippen LogP contribution in [0, 0.1) is 5.82 Å². The molecule has 0 saturated heterocycles. The lowest BCUT2D eigenvalue weighted by molar-refractivity contribution is -0.113. The van der Waals surface area contributed by atoms with Crippen LogP contribution in [0.3, 0.4) is 0 Å². The average molecular weight is 543 g/mol. The smallest absolute Gasteiger partial charge is 0.341 e. The van der Waals surface area contributed by atoms with E-state index in [9.17, 15) is 14.0 Å². The van der Waals surface area contributed by atoms with Crippen molar-refractivity contribution >= 4 is 51.6 Å². The summed E-state index contributed by atoms with van der Waals surface area (Å²) in [7, 11) is 1.26. The number of allylic oxidation sites excluding steroid dienone is 1. The van der Waals surface area contributed by atoms with E-state index in [1.165, 1.54) is 42.3 Å². The predicted octanol–water partition coefficient (Wildman–Crippen LogP) is 6.17. The summed E-state index contributed by atoms with van der Waals surface area (Å²) < 4.78 is 20.1. The van der Waals surface area contributed by atoms with Crippen LogP contribution in [0.4, 0.5) is 9.39 Å². The molecule has 0 aliphatic carbocycles. The highest BCUT2D eigenvalue weighted by atomic mass is 35.5. The molecule has 1 N–H and O–H groups in total. The number of esters is 1. The molecule has 184 valence electrons. The molecular formula is C25H20ClFN4O3S2. The molecule has 0 spiro atoms. The summed E-state index contributed by atoms with van der Waals surface area (Å²) in [6, 6.07) is 13.0. The normalized spacial score (nSPS) is 10.8. The second-order valence-electron chi connectivity index (χ2n) is 7.37.